The monoisotopic (exact) mass is 395 g/mol. The zero-order chi connectivity index (χ0) is 20.8. The molecule has 0 radical (unpaired) electrons. The zero-order valence-electron chi connectivity index (χ0n) is 16.8. The summed E-state index contributed by atoms with van der Waals surface area (Å²) < 4.78 is 11.0. The van der Waals surface area contributed by atoms with Crippen molar-refractivity contribution in [2.45, 2.75) is 25.8 Å². The Hall–Kier alpha value is -3.35. The summed E-state index contributed by atoms with van der Waals surface area (Å²) in [5, 5.41) is 7.90. The standard InChI is InChI=1S/C22H25N3O4/c1-4-17(15-9-5-7-11-19(15)28-14-22(27)25(2)3)23-21(26)13-18-16-10-6-8-12-20(16)29-24-18/h5-12,17H,4,13-14H2,1-3H3,(H,23,26). The van der Waals surface area contributed by atoms with Crippen LogP contribution < -0.4 is 10.1 Å². The minimum absolute atomic E-state index is 0.0562. The molecule has 0 aliphatic heterocycles. The topological polar surface area (TPSA) is 84.7 Å². The molecule has 0 saturated carbocycles. The molecule has 3 aromatic rings. The van der Waals surface area contributed by atoms with Crippen molar-refractivity contribution < 1.29 is 18.8 Å². The van der Waals surface area contributed by atoms with Crippen LogP contribution in [0.4, 0.5) is 0 Å². The molecular formula is C22H25N3O4. The van der Waals surface area contributed by atoms with Crippen molar-refractivity contribution in [1.29, 1.82) is 0 Å². The summed E-state index contributed by atoms with van der Waals surface area (Å²) in [5.41, 5.74) is 2.10. The third-order valence-electron chi connectivity index (χ3n) is 4.67. The SMILES string of the molecule is CCC(NC(=O)Cc1noc2ccccc12)c1ccccc1OCC(=O)N(C)C. The van der Waals surface area contributed by atoms with Crippen molar-refractivity contribution in [1.82, 2.24) is 15.4 Å². The molecular weight excluding hydrogens is 370 g/mol. The summed E-state index contributed by atoms with van der Waals surface area (Å²) in [7, 11) is 3.36. The second-order valence-corrected chi connectivity index (χ2v) is 6.95. The van der Waals surface area contributed by atoms with Gasteiger partial charge in [0.15, 0.2) is 12.2 Å². The fraction of sp³-hybridized carbons (Fsp3) is 0.318. The van der Waals surface area contributed by atoms with Gasteiger partial charge < -0.3 is 19.5 Å². The van der Waals surface area contributed by atoms with Crippen LogP contribution in [0.5, 0.6) is 5.75 Å². The smallest absolute Gasteiger partial charge is 0.259 e. The highest BCUT2D eigenvalue weighted by atomic mass is 16.5. The number of likely N-dealkylation sites (N-methyl/N-ethyl adjacent to an activating group) is 1. The van der Waals surface area contributed by atoms with Gasteiger partial charge in [-0.25, -0.2) is 0 Å². The Morgan fingerprint density at radius 2 is 1.86 bits per heavy atom. The molecule has 2 amide bonds. The lowest BCUT2D eigenvalue weighted by atomic mass is 10.0. The van der Waals surface area contributed by atoms with Crippen LogP contribution in [-0.2, 0) is 16.0 Å². The number of aromatic nitrogens is 1. The van der Waals surface area contributed by atoms with E-state index in [0.717, 1.165) is 10.9 Å². The maximum absolute atomic E-state index is 12.7. The van der Waals surface area contributed by atoms with Gasteiger partial charge in [0.2, 0.25) is 5.91 Å². The summed E-state index contributed by atoms with van der Waals surface area (Å²) in [6.07, 6.45) is 0.795. The van der Waals surface area contributed by atoms with E-state index >= 15 is 0 Å². The summed E-state index contributed by atoms with van der Waals surface area (Å²) in [5.74, 6) is 0.298. The van der Waals surface area contributed by atoms with E-state index in [1.165, 1.54) is 4.90 Å². The van der Waals surface area contributed by atoms with E-state index in [0.29, 0.717) is 23.4 Å². The number of carbonyl (C=O) groups excluding carboxylic acids is 2. The molecule has 0 aliphatic rings. The maximum Gasteiger partial charge on any atom is 0.259 e. The van der Waals surface area contributed by atoms with Crippen LogP contribution in [0.2, 0.25) is 0 Å². The number of para-hydroxylation sites is 2. The van der Waals surface area contributed by atoms with E-state index in [4.69, 9.17) is 9.26 Å². The molecule has 152 valence electrons. The Kier molecular flexibility index (Phi) is 6.49. The van der Waals surface area contributed by atoms with Gasteiger partial charge >= 0.3 is 0 Å². The van der Waals surface area contributed by atoms with Gasteiger partial charge in [0.1, 0.15) is 11.4 Å². The van der Waals surface area contributed by atoms with Gasteiger partial charge in [-0.1, -0.05) is 42.4 Å². The number of ether oxygens (including phenoxy) is 1. The molecule has 1 aromatic heterocycles. The number of carbonyl (C=O) groups is 2. The fourth-order valence-electron chi connectivity index (χ4n) is 3.03. The van der Waals surface area contributed by atoms with E-state index in [-0.39, 0.29) is 30.9 Å². The number of rotatable bonds is 8. The van der Waals surface area contributed by atoms with Crippen LogP contribution >= 0.6 is 0 Å². The summed E-state index contributed by atoms with van der Waals surface area (Å²) in [6, 6.07) is 14.6. The first kappa shape index (κ1) is 20.4. The molecule has 3 rings (SSSR count). The number of nitrogens with zero attached hydrogens (tertiary/aromatic N) is 2. The van der Waals surface area contributed by atoms with Crippen LogP contribution in [-0.4, -0.2) is 42.6 Å². The molecule has 1 unspecified atom stereocenters. The number of benzene rings is 2. The highest BCUT2D eigenvalue weighted by molar-refractivity contribution is 5.86. The second kappa shape index (κ2) is 9.23. The molecule has 1 atom stereocenters. The predicted octanol–water partition coefficient (Wildman–Crippen LogP) is 3.10. The molecule has 0 aliphatic carbocycles. The van der Waals surface area contributed by atoms with Crippen molar-refractivity contribution >= 4 is 22.8 Å². The molecule has 0 saturated heterocycles. The van der Waals surface area contributed by atoms with Gasteiger partial charge in [-0.15, -0.1) is 0 Å². The average molecular weight is 395 g/mol. The first-order chi connectivity index (χ1) is 14.0. The van der Waals surface area contributed by atoms with Gasteiger partial charge in [-0.3, -0.25) is 9.59 Å². The number of fused-ring (bicyclic) bond motifs is 1. The third kappa shape index (κ3) is 4.93. The van der Waals surface area contributed by atoms with Crippen LogP contribution in [0.3, 0.4) is 0 Å². The van der Waals surface area contributed by atoms with E-state index in [1.54, 1.807) is 20.2 Å². The van der Waals surface area contributed by atoms with E-state index < -0.39 is 0 Å². The minimum Gasteiger partial charge on any atom is -0.483 e. The van der Waals surface area contributed by atoms with Crippen molar-refractivity contribution in [2.75, 3.05) is 20.7 Å². The Morgan fingerprint density at radius 3 is 2.62 bits per heavy atom. The van der Waals surface area contributed by atoms with Gasteiger partial charge in [-0.2, -0.15) is 0 Å². The Morgan fingerprint density at radius 1 is 1.14 bits per heavy atom. The zero-order valence-corrected chi connectivity index (χ0v) is 16.8. The van der Waals surface area contributed by atoms with Gasteiger partial charge in [0, 0.05) is 25.0 Å². The third-order valence-corrected chi connectivity index (χ3v) is 4.67. The summed E-state index contributed by atoms with van der Waals surface area (Å²) in [6.45, 7) is 1.93. The van der Waals surface area contributed by atoms with E-state index in [2.05, 4.69) is 10.5 Å². The van der Waals surface area contributed by atoms with Crippen LogP contribution in [0, 0.1) is 0 Å². The average Bonchev–Trinajstić information content (AvgIpc) is 3.13. The molecule has 0 bridgehead atoms. The summed E-state index contributed by atoms with van der Waals surface area (Å²) in [4.78, 5) is 26.0. The van der Waals surface area contributed by atoms with Crippen molar-refractivity contribution in [2.24, 2.45) is 0 Å². The quantitative estimate of drug-likeness (QED) is 0.634. The maximum atomic E-state index is 12.7. The predicted molar refractivity (Wildman–Crippen MR) is 110 cm³/mol. The molecule has 2 aromatic carbocycles. The van der Waals surface area contributed by atoms with Gasteiger partial charge in [-0.05, 0) is 24.6 Å². The molecule has 7 nitrogen and oxygen atoms in total. The number of amides is 2. The van der Waals surface area contributed by atoms with Crippen molar-refractivity contribution in [3.8, 4) is 5.75 Å². The molecule has 0 spiro atoms. The highest BCUT2D eigenvalue weighted by Crippen LogP contribution is 2.27. The summed E-state index contributed by atoms with van der Waals surface area (Å²) >= 11 is 0. The number of hydrogen-bond donors (Lipinski definition) is 1. The highest BCUT2D eigenvalue weighted by Gasteiger charge is 2.19. The van der Waals surface area contributed by atoms with Gasteiger partial charge in [0.25, 0.3) is 5.91 Å². The van der Waals surface area contributed by atoms with Crippen LogP contribution in [0.25, 0.3) is 11.0 Å². The normalized spacial score (nSPS) is 11.8. The first-order valence-electron chi connectivity index (χ1n) is 9.54. The Bertz CT molecular complexity index is 996. The lowest BCUT2D eigenvalue weighted by Gasteiger charge is -2.21. The van der Waals surface area contributed by atoms with Crippen molar-refractivity contribution in [3.63, 3.8) is 0 Å². The van der Waals surface area contributed by atoms with E-state index in [1.807, 2.05) is 49.4 Å². The van der Waals surface area contributed by atoms with Gasteiger partial charge in [0.05, 0.1) is 12.5 Å². The van der Waals surface area contributed by atoms with Crippen molar-refractivity contribution in [3.05, 3.63) is 59.8 Å². The van der Waals surface area contributed by atoms with Crippen LogP contribution in [0.15, 0.2) is 53.1 Å². The Labute approximate surface area is 169 Å². The Balaban J connectivity index is 1.71. The first-order valence-corrected chi connectivity index (χ1v) is 9.54. The number of hydrogen-bond acceptors (Lipinski definition) is 5. The molecule has 7 heteroatoms. The minimum atomic E-state index is -0.244. The lowest BCUT2D eigenvalue weighted by molar-refractivity contribution is -0.130. The largest absolute Gasteiger partial charge is 0.483 e. The molecule has 0 fully saturated rings. The molecule has 1 N–H and O–H groups in total. The van der Waals surface area contributed by atoms with Crippen LogP contribution in [0.1, 0.15) is 30.6 Å². The fourth-order valence-corrected chi connectivity index (χ4v) is 3.03. The molecule has 29 heavy (non-hydrogen) atoms. The number of nitrogens with one attached hydrogen (secondary N) is 1. The second-order valence-electron chi connectivity index (χ2n) is 6.95. The van der Waals surface area contributed by atoms with E-state index in [9.17, 15) is 9.59 Å². The molecule has 1 heterocycles. The lowest BCUT2D eigenvalue weighted by Crippen LogP contribution is -2.31.